The Bertz CT molecular complexity index is 1850. The van der Waals surface area contributed by atoms with Crippen molar-refractivity contribution in [2.75, 3.05) is 17.4 Å². The van der Waals surface area contributed by atoms with Gasteiger partial charge in [0, 0.05) is 19.5 Å². The molecule has 0 aromatic heterocycles. The minimum Gasteiger partial charge on any atom is -0.354 e. The van der Waals surface area contributed by atoms with E-state index in [4.69, 9.17) is 11.6 Å². The van der Waals surface area contributed by atoms with E-state index in [1.165, 1.54) is 17.0 Å². The summed E-state index contributed by atoms with van der Waals surface area (Å²) < 4.78 is 70.9. The van der Waals surface area contributed by atoms with Crippen LogP contribution < -0.4 is 9.62 Å². The second kappa shape index (κ2) is 16.4. The molecule has 4 aromatic carbocycles. The van der Waals surface area contributed by atoms with Gasteiger partial charge in [-0.05, 0) is 61.7 Å². The van der Waals surface area contributed by atoms with Gasteiger partial charge in [0.05, 0.1) is 21.2 Å². The van der Waals surface area contributed by atoms with E-state index in [9.17, 15) is 31.2 Å². The summed E-state index contributed by atoms with van der Waals surface area (Å²) in [6, 6.07) is 23.8. The minimum absolute atomic E-state index is 0.0634. The number of alkyl halides is 3. The topological polar surface area (TPSA) is 86.8 Å². The lowest BCUT2D eigenvalue weighted by molar-refractivity contribution is -0.140. The molecule has 0 aliphatic carbocycles. The zero-order chi connectivity index (χ0) is 35.8. The Balaban J connectivity index is 1.85. The highest BCUT2D eigenvalue weighted by atomic mass is 35.5. The van der Waals surface area contributed by atoms with Gasteiger partial charge < -0.3 is 10.2 Å². The monoisotopic (exact) mass is 713 g/mol. The lowest BCUT2D eigenvalue weighted by Gasteiger charge is -2.34. The van der Waals surface area contributed by atoms with Gasteiger partial charge in [-0.2, -0.15) is 13.2 Å². The number of aryl methyl sites for hydroxylation is 2. The quantitative estimate of drug-likeness (QED) is 0.136. The zero-order valence-electron chi connectivity index (χ0n) is 27.5. The van der Waals surface area contributed by atoms with Crippen molar-refractivity contribution in [3.63, 3.8) is 0 Å². The third-order valence-corrected chi connectivity index (χ3v) is 10.1. The number of halogens is 4. The Kier molecular flexibility index (Phi) is 12.5. The average molecular weight is 714 g/mol. The lowest BCUT2D eigenvalue weighted by Crippen LogP contribution is -2.53. The van der Waals surface area contributed by atoms with Crippen LogP contribution in [0.2, 0.25) is 5.02 Å². The molecule has 260 valence electrons. The number of rotatable bonds is 14. The van der Waals surface area contributed by atoms with Crippen molar-refractivity contribution in [1.82, 2.24) is 10.2 Å². The number of unbranched alkanes of at least 4 members (excludes halogenated alkanes) is 1. The lowest BCUT2D eigenvalue weighted by atomic mass is 10.0. The second-order valence-electron chi connectivity index (χ2n) is 11.8. The third kappa shape index (κ3) is 9.86. The largest absolute Gasteiger partial charge is 0.417 e. The van der Waals surface area contributed by atoms with Gasteiger partial charge in [-0.3, -0.25) is 13.9 Å². The number of benzene rings is 4. The fourth-order valence-corrected chi connectivity index (χ4v) is 6.95. The molecule has 0 saturated heterocycles. The van der Waals surface area contributed by atoms with Gasteiger partial charge in [0.15, 0.2) is 0 Å². The number of hydrogen-bond donors (Lipinski definition) is 1. The molecule has 1 atom stereocenters. The molecule has 0 heterocycles. The molecule has 0 radical (unpaired) electrons. The summed E-state index contributed by atoms with van der Waals surface area (Å²) in [6.07, 6.45) is -3.26. The highest BCUT2D eigenvalue weighted by Crippen LogP contribution is 2.38. The van der Waals surface area contributed by atoms with Crippen LogP contribution in [0.4, 0.5) is 18.9 Å². The van der Waals surface area contributed by atoms with E-state index >= 15 is 0 Å². The van der Waals surface area contributed by atoms with E-state index in [2.05, 4.69) is 5.32 Å². The molecule has 0 bridgehead atoms. The first kappa shape index (κ1) is 37.5. The molecule has 4 rings (SSSR count). The fraction of sp³-hybridized carbons (Fsp3) is 0.297. The maximum atomic E-state index is 14.6. The number of hydrogen-bond acceptors (Lipinski definition) is 4. The Labute approximate surface area is 290 Å². The molecule has 0 aliphatic rings. The Morgan fingerprint density at radius 2 is 1.53 bits per heavy atom. The molecule has 0 fully saturated rings. The van der Waals surface area contributed by atoms with E-state index < -0.39 is 56.9 Å². The number of carbonyl (C=O) groups is 2. The highest BCUT2D eigenvalue weighted by Gasteiger charge is 2.37. The van der Waals surface area contributed by atoms with Crippen molar-refractivity contribution >= 4 is 39.1 Å². The summed E-state index contributed by atoms with van der Waals surface area (Å²) in [4.78, 5) is 29.5. The van der Waals surface area contributed by atoms with E-state index in [1.54, 1.807) is 31.2 Å². The molecule has 12 heteroatoms. The van der Waals surface area contributed by atoms with Crippen LogP contribution in [0.5, 0.6) is 0 Å². The predicted octanol–water partition coefficient (Wildman–Crippen LogP) is 7.73. The minimum atomic E-state index is -4.90. The van der Waals surface area contributed by atoms with Crippen LogP contribution in [0.15, 0.2) is 102 Å². The van der Waals surface area contributed by atoms with Gasteiger partial charge in [0.1, 0.15) is 12.6 Å². The van der Waals surface area contributed by atoms with Crippen LogP contribution in [0.3, 0.4) is 0 Å². The highest BCUT2D eigenvalue weighted by molar-refractivity contribution is 7.92. The molecule has 7 nitrogen and oxygen atoms in total. The molecular formula is C37H39ClF3N3O4S. The zero-order valence-corrected chi connectivity index (χ0v) is 29.1. The average Bonchev–Trinajstić information content (AvgIpc) is 3.05. The van der Waals surface area contributed by atoms with Crippen LogP contribution >= 0.6 is 11.6 Å². The van der Waals surface area contributed by atoms with E-state index in [-0.39, 0.29) is 17.9 Å². The van der Waals surface area contributed by atoms with E-state index in [1.807, 2.05) is 56.3 Å². The molecule has 1 unspecified atom stereocenters. The Morgan fingerprint density at radius 3 is 2.16 bits per heavy atom. The number of nitrogens with zero attached hydrogens (tertiary/aromatic N) is 2. The second-order valence-corrected chi connectivity index (χ2v) is 14.1. The van der Waals surface area contributed by atoms with Crippen LogP contribution in [-0.2, 0) is 38.8 Å². The van der Waals surface area contributed by atoms with Crippen molar-refractivity contribution in [1.29, 1.82) is 0 Å². The van der Waals surface area contributed by atoms with Gasteiger partial charge in [0.2, 0.25) is 11.8 Å². The number of sulfonamides is 1. The maximum absolute atomic E-state index is 14.6. The molecule has 1 N–H and O–H groups in total. The van der Waals surface area contributed by atoms with Crippen molar-refractivity contribution in [2.45, 2.75) is 63.7 Å². The molecule has 0 aliphatic heterocycles. The third-order valence-electron chi connectivity index (χ3n) is 7.97. The van der Waals surface area contributed by atoms with Crippen molar-refractivity contribution in [3.05, 3.63) is 130 Å². The molecule has 49 heavy (non-hydrogen) atoms. The van der Waals surface area contributed by atoms with Crippen molar-refractivity contribution in [2.24, 2.45) is 0 Å². The number of nitrogens with one attached hydrogen (secondary N) is 1. The summed E-state index contributed by atoms with van der Waals surface area (Å²) in [6.45, 7) is 5.02. The standard InChI is InChI=1S/C37H39ClF3N3O4S/c1-4-5-20-42-36(46)34(22-28-11-7-6-8-12-28)43(24-29-13-9-10-27(3)21-29)35(45)25-44(49(47,48)31-17-14-26(2)15-18-31)30-16-19-33(38)32(23-30)37(39,40)41/h6-19,21,23,34H,4-5,20,22,24-25H2,1-3H3,(H,42,46). The number of amides is 2. The van der Waals surface area contributed by atoms with Crippen LogP contribution in [0.1, 0.15) is 47.6 Å². The molecule has 0 saturated carbocycles. The van der Waals surface area contributed by atoms with Gasteiger partial charge >= 0.3 is 6.18 Å². The summed E-state index contributed by atoms with van der Waals surface area (Å²) in [5, 5.41) is 2.29. The van der Waals surface area contributed by atoms with Crippen molar-refractivity contribution < 1.29 is 31.2 Å². The van der Waals surface area contributed by atoms with E-state index in [0.717, 1.165) is 35.2 Å². The Morgan fingerprint density at radius 1 is 0.857 bits per heavy atom. The first-order valence-electron chi connectivity index (χ1n) is 15.8. The van der Waals surface area contributed by atoms with Crippen LogP contribution in [-0.4, -0.2) is 44.3 Å². The molecule has 2 amide bonds. The van der Waals surface area contributed by atoms with Crippen LogP contribution in [0.25, 0.3) is 0 Å². The van der Waals surface area contributed by atoms with Gasteiger partial charge in [-0.25, -0.2) is 8.42 Å². The van der Waals surface area contributed by atoms with Gasteiger partial charge in [-0.1, -0.05) is 103 Å². The smallest absolute Gasteiger partial charge is 0.354 e. The van der Waals surface area contributed by atoms with Crippen LogP contribution in [0, 0.1) is 13.8 Å². The summed E-state index contributed by atoms with van der Waals surface area (Å²) in [5.74, 6) is -1.22. The fourth-order valence-electron chi connectivity index (χ4n) is 5.32. The summed E-state index contributed by atoms with van der Waals surface area (Å²) in [5.41, 5.74) is 1.45. The molecular weight excluding hydrogens is 675 g/mol. The predicted molar refractivity (Wildman–Crippen MR) is 186 cm³/mol. The first-order chi connectivity index (χ1) is 23.2. The molecule has 4 aromatic rings. The maximum Gasteiger partial charge on any atom is 0.417 e. The number of anilines is 1. The van der Waals surface area contributed by atoms with Gasteiger partial charge in [0.25, 0.3) is 10.0 Å². The van der Waals surface area contributed by atoms with E-state index in [0.29, 0.717) is 28.9 Å². The molecule has 0 spiro atoms. The van der Waals surface area contributed by atoms with Gasteiger partial charge in [-0.15, -0.1) is 0 Å². The van der Waals surface area contributed by atoms with Crippen molar-refractivity contribution in [3.8, 4) is 0 Å². The summed E-state index contributed by atoms with van der Waals surface area (Å²) in [7, 11) is -4.60. The Hall–Kier alpha value is -4.35. The summed E-state index contributed by atoms with van der Waals surface area (Å²) >= 11 is 5.89. The first-order valence-corrected chi connectivity index (χ1v) is 17.6. The normalized spacial score (nSPS) is 12.3. The SMILES string of the molecule is CCCCNC(=O)C(Cc1ccccc1)N(Cc1cccc(C)c1)C(=O)CN(c1ccc(Cl)c(C(F)(F)F)c1)S(=O)(=O)c1ccc(C)cc1. The number of carbonyl (C=O) groups excluding carboxylic acids is 2.